The van der Waals surface area contributed by atoms with Gasteiger partial charge in [0.15, 0.2) is 0 Å². The van der Waals surface area contributed by atoms with Crippen molar-refractivity contribution in [3.05, 3.63) is 76.5 Å². The van der Waals surface area contributed by atoms with Crippen molar-refractivity contribution in [2.75, 3.05) is 26.2 Å². The fourth-order valence-corrected chi connectivity index (χ4v) is 3.25. The average Bonchev–Trinajstić information content (AvgIpc) is 3.02. The van der Waals surface area contributed by atoms with Gasteiger partial charge >= 0.3 is 11.9 Å². The van der Waals surface area contributed by atoms with Gasteiger partial charge in [0, 0.05) is 11.4 Å². The smallest absolute Gasteiger partial charge is 0.340 e. The van der Waals surface area contributed by atoms with E-state index < -0.39 is 11.9 Å². The Balaban J connectivity index is 2.07. The Morgan fingerprint density at radius 1 is 0.933 bits per heavy atom. The number of ether oxygens (including phenoxy) is 3. The SMILES string of the molecule is COC(=O)C1=C(C)N(c2ccc(C(=O)OC)cc2)C(=O)/C1=C\c1cccc(OC)c1. The van der Waals surface area contributed by atoms with Crippen LogP contribution in [0.25, 0.3) is 6.08 Å². The van der Waals surface area contributed by atoms with Crippen molar-refractivity contribution < 1.29 is 28.6 Å². The molecule has 3 rings (SSSR count). The van der Waals surface area contributed by atoms with Crippen molar-refractivity contribution in [1.82, 2.24) is 0 Å². The van der Waals surface area contributed by atoms with E-state index in [1.165, 1.54) is 19.1 Å². The van der Waals surface area contributed by atoms with Gasteiger partial charge in [-0.05, 0) is 55.0 Å². The summed E-state index contributed by atoms with van der Waals surface area (Å²) in [4.78, 5) is 38.8. The van der Waals surface area contributed by atoms with Crippen LogP contribution in [0.4, 0.5) is 5.69 Å². The predicted molar refractivity (Wildman–Crippen MR) is 111 cm³/mol. The Morgan fingerprint density at radius 2 is 1.60 bits per heavy atom. The molecule has 30 heavy (non-hydrogen) atoms. The van der Waals surface area contributed by atoms with Crippen molar-refractivity contribution in [2.24, 2.45) is 0 Å². The van der Waals surface area contributed by atoms with Crippen molar-refractivity contribution in [3.8, 4) is 5.75 Å². The summed E-state index contributed by atoms with van der Waals surface area (Å²) >= 11 is 0. The molecule has 0 aliphatic carbocycles. The Hall–Kier alpha value is -3.87. The summed E-state index contributed by atoms with van der Waals surface area (Å²) in [6, 6.07) is 13.5. The second kappa shape index (κ2) is 8.65. The zero-order chi connectivity index (χ0) is 21.8. The van der Waals surface area contributed by atoms with Gasteiger partial charge in [-0.25, -0.2) is 9.59 Å². The van der Waals surface area contributed by atoms with Gasteiger partial charge < -0.3 is 14.2 Å². The number of allylic oxidation sites excluding steroid dienone is 1. The highest BCUT2D eigenvalue weighted by molar-refractivity contribution is 6.23. The summed E-state index contributed by atoms with van der Waals surface area (Å²) in [7, 11) is 4.12. The summed E-state index contributed by atoms with van der Waals surface area (Å²) in [5.74, 6) is -0.828. The molecular formula is C23H21NO6. The molecule has 1 aliphatic heterocycles. The number of carbonyl (C=O) groups is 3. The lowest BCUT2D eigenvalue weighted by Gasteiger charge is -2.18. The number of esters is 2. The van der Waals surface area contributed by atoms with Crippen LogP contribution in [0.1, 0.15) is 22.8 Å². The van der Waals surface area contributed by atoms with Gasteiger partial charge in [-0.1, -0.05) is 12.1 Å². The fraction of sp³-hybridized carbons (Fsp3) is 0.174. The van der Waals surface area contributed by atoms with Crippen molar-refractivity contribution in [1.29, 1.82) is 0 Å². The number of methoxy groups -OCH3 is 3. The highest BCUT2D eigenvalue weighted by Gasteiger charge is 2.37. The number of carbonyl (C=O) groups excluding carboxylic acids is 3. The first-order valence-electron chi connectivity index (χ1n) is 9.09. The third kappa shape index (κ3) is 3.82. The minimum absolute atomic E-state index is 0.183. The van der Waals surface area contributed by atoms with Crippen LogP contribution in [-0.2, 0) is 19.1 Å². The second-order valence-electron chi connectivity index (χ2n) is 6.47. The van der Waals surface area contributed by atoms with Crippen LogP contribution in [0.5, 0.6) is 5.75 Å². The summed E-state index contributed by atoms with van der Waals surface area (Å²) in [5.41, 5.74) is 2.41. The summed E-state index contributed by atoms with van der Waals surface area (Å²) < 4.78 is 14.8. The lowest BCUT2D eigenvalue weighted by Crippen LogP contribution is -2.24. The van der Waals surface area contributed by atoms with E-state index in [0.29, 0.717) is 28.3 Å². The molecule has 7 heteroatoms. The summed E-state index contributed by atoms with van der Waals surface area (Å²) in [6.45, 7) is 1.67. The van der Waals surface area contributed by atoms with E-state index in [0.717, 1.165) is 0 Å². The molecule has 0 fully saturated rings. The molecule has 0 aromatic heterocycles. The normalized spacial score (nSPS) is 14.9. The number of benzene rings is 2. The maximum absolute atomic E-state index is 13.3. The molecule has 0 atom stereocenters. The van der Waals surface area contributed by atoms with Gasteiger partial charge in [0.1, 0.15) is 5.75 Å². The van der Waals surface area contributed by atoms with Gasteiger partial charge in [0.2, 0.25) is 0 Å². The standard InChI is InChI=1S/C23H21NO6/c1-14-20(23(27)30-4)19(13-15-6-5-7-18(12-15)28-2)21(25)24(14)17-10-8-16(9-11-17)22(26)29-3/h5-13H,1-4H3/b19-13-. The van der Waals surface area contributed by atoms with E-state index in [4.69, 9.17) is 14.2 Å². The van der Waals surface area contributed by atoms with Crippen LogP contribution in [0.3, 0.4) is 0 Å². The zero-order valence-corrected chi connectivity index (χ0v) is 17.1. The van der Waals surface area contributed by atoms with Crippen LogP contribution in [0, 0.1) is 0 Å². The Bertz CT molecular complexity index is 1070. The minimum atomic E-state index is -0.608. The fourth-order valence-electron chi connectivity index (χ4n) is 3.25. The molecule has 0 saturated heterocycles. The average molecular weight is 407 g/mol. The van der Waals surface area contributed by atoms with Gasteiger partial charge in [0.05, 0.1) is 38.0 Å². The van der Waals surface area contributed by atoms with Crippen LogP contribution in [0.2, 0.25) is 0 Å². The number of amides is 1. The molecule has 0 bridgehead atoms. The molecule has 2 aromatic rings. The molecule has 1 amide bonds. The monoisotopic (exact) mass is 407 g/mol. The Kier molecular flexibility index (Phi) is 6.01. The first-order valence-corrected chi connectivity index (χ1v) is 9.09. The molecule has 1 heterocycles. The first kappa shape index (κ1) is 20.9. The van der Waals surface area contributed by atoms with Gasteiger partial charge in [0.25, 0.3) is 5.91 Å². The molecule has 0 radical (unpaired) electrons. The van der Waals surface area contributed by atoms with Crippen molar-refractivity contribution >= 4 is 29.6 Å². The highest BCUT2D eigenvalue weighted by atomic mass is 16.5. The number of hydrogen-bond acceptors (Lipinski definition) is 6. The molecule has 2 aromatic carbocycles. The van der Waals surface area contributed by atoms with Crippen molar-refractivity contribution in [3.63, 3.8) is 0 Å². The van der Waals surface area contributed by atoms with Crippen LogP contribution in [0.15, 0.2) is 65.4 Å². The van der Waals surface area contributed by atoms with Crippen LogP contribution in [-0.4, -0.2) is 39.2 Å². The van der Waals surface area contributed by atoms with E-state index in [-0.39, 0.29) is 17.1 Å². The Morgan fingerprint density at radius 3 is 2.20 bits per heavy atom. The molecular weight excluding hydrogens is 386 g/mol. The number of anilines is 1. The molecule has 0 unspecified atom stereocenters. The molecule has 0 spiro atoms. The molecule has 154 valence electrons. The molecule has 1 aliphatic rings. The number of nitrogens with zero attached hydrogens (tertiary/aromatic N) is 1. The van der Waals surface area contributed by atoms with E-state index in [9.17, 15) is 14.4 Å². The number of hydrogen-bond donors (Lipinski definition) is 0. The topological polar surface area (TPSA) is 82.1 Å². The lowest BCUT2D eigenvalue weighted by molar-refractivity contribution is -0.136. The van der Waals surface area contributed by atoms with Gasteiger partial charge in [-0.3, -0.25) is 9.69 Å². The molecule has 0 N–H and O–H groups in total. The quantitative estimate of drug-likeness (QED) is 0.558. The summed E-state index contributed by atoms with van der Waals surface area (Å²) in [6.07, 6.45) is 1.63. The zero-order valence-electron chi connectivity index (χ0n) is 17.1. The van der Waals surface area contributed by atoms with Crippen LogP contribution >= 0.6 is 0 Å². The third-order valence-corrected chi connectivity index (χ3v) is 4.74. The minimum Gasteiger partial charge on any atom is -0.497 e. The van der Waals surface area contributed by atoms with E-state index in [1.807, 2.05) is 0 Å². The predicted octanol–water partition coefficient (Wildman–Crippen LogP) is 3.36. The molecule has 0 saturated carbocycles. The first-order chi connectivity index (χ1) is 14.4. The lowest BCUT2D eigenvalue weighted by atomic mass is 10.0. The van der Waals surface area contributed by atoms with Crippen LogP contribution < -0.4 is 9.64 Å². The summed E-state index contributed by atoms with van der Waals surface area (Å²) in [5, 5.41) is 0. The van der Waals surface area contributed by atoms with E-state index in [2.05, 4.69) is 0 Å². The number of rotatable bonds is 5. The third-order valence-electron chi connectivity index (χ3n) is 4.74. The second-order valence-corrected chi connectivity index (χ2v) is 6.47. The van der Waals surface area contributed by atoms with Gasteiger partial charge in [-0.2, -0.15) is 0 Å². The maximum atomic E-state index is 13.3. The van der Waals surface area contributed by atoms with Gasteiger partial charge in [-0.15, -0.1) is 0 Å². The largest absolute Gasteiger partial charge is 0.497 e. The highest BCUT2D eigenvalue weighted by Crippen LogP contribution is 2.35. The Labute approximate surface area is 174 Å². The maximum Gasteiger partial charge on any atom is 0.340 e. The van der Waals surface area contributed by atoms with Crippen molar-refractivity contribution in [2.45, 2.75) is 6.92 Å². The van der Waals surface area contributed by atoms with E-state index in [1.54, 1.807) is 68.6 Å². The van der Waals surface area contributed by atoms with E-state index >= 15 is 0 Å². The molecule has 7 nitrogen and oxygen atoms in total.